The van der Waals surface area contributed by atoms with E-state index in [9.17, 15) is 14.4 Å². The SMILES string of the molecule is CC(C)C[C@@H]1NC(=O)[C@H](C)NC(=O)[C@H](Cc2ccccc2)N(C)Cc2ccc(o2)CN(C)C1=O. The van der Waals surface area contributed by atoms with Gasteiger partial charge >= 0.3 is 0 Å². The third-order valence-electron chi connectivity index (χ3n) is 6.07. The van der Waals surface area contributed by atoms with Crippen LogP contribution in [0.5, 0.6) is 0 Å². The van der Waals surface area contributed by atoms with Crippen molar-refractivity contribution in [1.29, 1.82) is 0 Å². The molecule has 3 rings (SSSR count). The van der Waals surface area contributed by atoms with Crippen molar-refractivity contribution in [3.8, 4) is 0 Å². The van der Waals surface area contributed by atoms with Gasteiger partial charge in [-0.3, -0.25) is 19.3 Å². The summed E-state index contributed by atoms with van der Waals surface area (Å²) in [5.74, 6) is 0.749. The highest BCUT2D eigenvalue weighted by molar-refractivity contribution is 5.92. The van der Waals surface area contributed by atoms with E-state index in [4.69, 9.17) is 4.42 Å². The molecule has 1 aromatic carbocycles. The first kappa shape index (κ1) is 25.5. The first-order valence-electron chi connectivity index (χ1n) is 11.8. The molecule has 0 saturated heterocycles. The summed E-state index contributed by atoms with van der Waals surface area (Å²) in [5.41, 5.74) is 1.02. The van der Waals surface area contributed by atoms with E-state index in [-0.39, 0.29) is 23.6 Å². The van der Waals surface area contributed by atoms with Crippen LogP contribution >= 0.6 is 0 Å². The predicted octanol–water partition coefficient (Wildman–Crippen LogP) is 2.33. The summed E-state index contributed by atoms with van der Waals surface area (Å²) in [6.07, 6.45) is 0.987. The van der Waals surface area contributed by atoms with Gasteiger partial charge < -0.3 is 20.0 Å². The van der Waals surface area contributed by atoms with Gasteiger partial charge in [0.1, 0.15) is 23.6 Å². The molecule has 2 aromatic rings. The Morgan fingerprint density at radius 1 is 0.941 bits per heavy atom. The second kappa shape index (κ2) is 11.3. The lowest BCUT2D eigenvalue weighted by Crippen LogP contribution is -2.56. The van der Waals surface area contributed by atoms with E-state index < -0.39 is 18.1 Å². The fourth-order valence-corrected chi connectivity index (χ4v) is 4.18. The monoisotopic (exact) mass is 468 g/mol. The molecule has 8 heteroatoms. The summed E-state index contributed by atoms with van der Waals surface area (Å²) in [6, 6.07) is 11.5. The molecule has 184 valence electrons. The average molecular weight is 469 g/mol. The quantitative estimate of drug-likeness (QED) is 0.718. The largest absolute Gasteiger partial charge is 0.463 e. The molecule has 0 unspecified atom stereocenters. The maximum Gasteiger partial charge on any atom is 0.245 e. The second-order valence-electron chi connectivity index (χ2n) is 9.60. The number of benzene rings is 1. The Balaban J connectivity index is 1.91. The fraction of sp³-hybridized carbons (Fsp3) is 0.500. The van der Waals surface area contributed by atoms with Crippen molar-refractivity contribution >= 4 is 17.7 Å². The number of rotatable bonds is 4. The lowest BCUT2D eigenvalue weighted by Gasteiger charge is -2.29. The minimum absolute atomic E-state index is 0.188. The van der Waals surface area contributed by atoms with Crippen molar-refractivity contribution in [2.24, 2.45) is 5.92 Å². The van der Waals surface area contributed by atoms with E-state index in [0.717, 1.165) is 5.56 Å². The Kier molecular flexibility index (Phi) is 8.50. The molecular formula is C26H36N4O4. The molecule has 3 amide bonds. The van der Waals surface area contributed by atoms with Gasteiger partial charge in [0.15, 0.2) is 0 Å². The summed E-state index contributed by atoms with van der Waals surface area (Å²) in [7, 11) is 3.57. The van der Waals surface area contributed by atoms with Crippen LogP contribution in [0.15, 0.2) is 46.9 Å². The topological polar surface area (TPSA) is 94.9 Å². The molecule has 1 aliphatic rings. The third kappa shape index (κ3) is 6.70. The van der Waals surface area contributed by atoms with Gasteiger partial charge in [-0.15, -0.1) is 0 Å². The Bertz CT molecular complexity index is 988. The Labute approximate surface area is 201 Å². The molecular weight excluding hydrogens is 432 g/mol. The Morgan fingerprint density at radius 2 is 1.59 bits per heavy atom. The van der Waals surface area contributed by atoms with Gasteiger partial charge in [-0.2, -0.15) is 0 Å². The van der Waals surface area contributed by atoms with Crippen LogP contribution in [0.1, 0.15) is 44.3 Å². The van der Waals surface area contributed by atoms with E-state index in [0.29, 0.717) is 37.5 Å². The number of nitrogens with zero attached hydrogens (tertiary/aromatic N) is 2. The summed E-state index contributed by atoms with van der Waals surface area (Å²) in [6.45, 7) is 6.36. The maximum absolute atomic E-state index is 13.3. The first-order chi connectivity index (χ1) is 16.1. The molecule has 1 aromatic heterocycles. The molecule has 0 aliphatic carbocycles. The van der Waals surface area contributed by atoms with Crippen LogP contribution in [0, 0.1) is 5.92 Å². The molecule has 0 saturated carbocycles. The van der Waals surface area contributed by atoms with Crippen LogP contribution in [-0.4, -0.2) is 59.7 Å². The zero-order valence-electron chi connectivity index (χ0n) is 20.7. The summed E-state index contributed by atoms with van der Waals surface area (Å²) in [4.78, 5) is 42.9. The Hall–Kier alpha value is -3.13. The number of carbonyl (C=O) groups is 3. The molecule has 0 fully saturated rings. The lowest BCUT2D eigenvalue weighted by molar-refractivity contribution is -0.137. The van der Waals surface area contributed by atoms with Crippen LogP contribution in [0.2, 0.25) is 0 Å². The fourth-order valence-electron chi connectivity index (χ4n) is 4.18. The van der Waals surface area contributed by atoms with Crippen molar-refractivity contribution in [3.63, 3.8) is 0 Å². The van der Waals surface area contributed by atoms with Crippen LogP contribution in [0.4, 0.5) is 0 Å². The van der Waals surface area contributed by atoms with Crippen LogP contribution < -0.4 is 10.6 Å². The number of hydrogen-bond donors (Lipinski definition) is 2. The number of carbonyl (C=O) groups excluding carboxylic acids is 3. The molecule has 0 spiro atoms. The van der Waals surface area contributed by atoms with Crippen molar-refractivity contribution in [3.05, 3.63) is 59.5 Å². The van der Waals surface area contributed by atoms with Gasteiger partial charge in [0.2, 0.25) is 17.7 Å². The van der Waals surface area contributed by atoms with Gasteiger partial charge in [0.25, 0.3) is 0 Å². The summed E-state index contributed by atoms with van der Waals surface area (Å²) >= 11 is 0. The van der Waals surface area contributed by atoms with Gasteiger partial charge in [-0.1, -0.05) is 44.2 Å². The van der Waals surface area contributed by atoms with Crippen molar-refractivity contribution in [2.45, 2.75) is 64.8 Å². The second-order valence-corrected chi connectivity index (χ2v) is 9.60. The third-order valence-corrected chi connectivity index (χ3v) is 6.07. The molecule has 2 N–H and O–H groups in total. The van der Waals surface area contributed by atoms with Gasteiger partial charge in [0.05, 0.1) is 19.1 Å². The molecule has 34 heavy (non-hydrogen) atoms. The standard InChI is InChI=1S/C26H36N4O4/c1-17(2)13-22-26(33)30(5)16-21-12-11-20(34-21)15-29(4)23(14-19-9-7-6-8-10-19)25(32)27-18(3)24(31)28-22/h6-12,17-18,22-23H,13-16H2,1-5H3,(H,27,32)(H,28,31)/t18-,22-,23-/m0/s1. The highest BCUT2D eigenvalue weighted by Crippen LogP contribution is 2.17. The number of furan rings is 1. The smallest absolute Gasteiger partial charge is 0.245 e. The van der Waals surface area contributed by atoms with E-state index in [2.05, 4.69) is 10.6 Å². The Morgan fingerprint density at radius 3 is 2.24 bits per heavy atom. The molecule has 8 nitrogen and oxygen atoms in total. The molecule has 2 bridgehead atoms. The van der Waals surface area contributed by atoms with E-state index in [1.54, 1.807) is 18.9 Å². The summed E-state index contributed by atoms with van der Waals surface area (Å²) < 4.78 is 5.99. The minimum Gasteiger partial charge on any atom is -0.463 e. The summed E-state index contributed by atoms with van der Waals surface area (Å²) in [5, 5.41) is 5.71. The van der Waals surface area contributed by atoms with E-state index in [1.165, 1.54) is 0 Å². The molecule has 0 radical (unpaired) electrons. The number of likely N-dealkylation sites (N-methyl/N-ethyl adjacent to an activating group) is 2. The average Bonchev–Trinajstić information content (AvgIpc) is 3.22. The van der Waals surface area contributed by atoms with Gasteiger partial charge in [-0.25, -0.2) is 0 Å². The van der Waals surface area contributed by atoms with Crippen molar-refractivity contribution in [2.75, 3.05) is 14.1 Å². The van der Waals surface area contributed by atoms with E-state index >= 15 is 0 Å². The number of amides is 3. The first-order valence-corrected chi connectivity index (χ1v) is 11.8. The lowest BCUT2D eigenvalue weighted by atomic mass is 10.0. The zero-order valence-corrected chi connectivity index (χ0v) is 20.7. The molecule has 2 heterocycles. The van der Waals surface area contributed by atoms with Gasteiger partial charge in [-0.05, 0) is 50.4 Å². The normalized spacial score (nSPS) is 23.3. The predicted molar refractivity (Wildman–Crippen MR) is 130 cm³/mol. The number of fused-ring (bicyclic) bond motifs is 2. The minimum atomic E-state index is -0.785. The maximum atomic E-state index is 13.3. The molecule has 3 atom stereocenters. The molecule has 1 aliphatic heterocycles. The van der Waals surface area contributed by atoms with Crippen molar-refractivity contribution < 1.29 is 18.8 Å². The van der Waals surface area contributed by atoms with Crippen LogP contribution in [-0.2, 0) is 33.9 Å². The van der Waals surface area contributed by atoms with Crippen LogP contribution in [0.3, 0.4) is 0 Å². The van der Waals surface area contributed by atoms with E-state index in [1.807, 2.05) is 68.3 Å². The van der Waals surface area contributed by atoms with Crippen molar-refractivity contribution in [1.82, 2.24) is 20.4 Å². The highest BCUT2D eigenvalue weighted by atomic mass is 16.3. The van der Waals surface area contributed by atoms with Gasteiger partial charge in [0, 0.05) is 7.05 Å². The number of nitrogens with one attached hydrogen (secondary N) is 2. The highest BCUT2D eigenvalue weighted by Gasteiger charge is 2.31. The zero-order chi connectivity index (χ0) is 24.8. The van der Waals surface area contributed by atoms with Crippen LogP contribution in [0.25, 0.3) is 0 Å². The number of hydrogen-bond acceptors (Lipinski definition) is 5.